The molecule has 0 radical (unpaired) electrons. The molecule has 0 saturated carbocycles. The Hall–Kier alpha value is -4.00. The van der Waals surface area contributed by atoms with Gasteiger partial charge in [0.1, 0.15) is 17.3 Å². The molecule has 0 aliphatic carbocycles. The van der Waals surface area contributed by atoms with Crippen LogP contribution in [0.5, 0.6) is 0 Å². The molecular weight excluding hydrogens is 358 g/mol. The summed E-state index contributed by atoms with van der Waals surface area (Å²) in [5.41, 5.74) is 0.950. The predicted octanol–water partition coefficient (Wildman–Crippen LogP) is 3.55. The van der Waals surface area contributed by atoms with Gasteiger partial charge in [0.15, 0.2) is 0 Å². The van der Waals surface area contributed by atoms with Crippen LogP contribution in [0.15, 0.2) is 75.0 Å². The van der Waals surface area contributed by atoms with Crippen molar-refractivity contribution in [3.8, 4) is 11.3 Å². The molecule has 4 rings (SSSR count). The number of aryl methyl sites for hydroxylation is 1. The number of carboxylic acids is 1. The monoisotopic (exact) mass is 373 g/mol. The van der Waals surface area contributed by atoms with Crippen LogP contribution in [0.1, 0.15) is 21.9 Å². The predicted molar refractivity (Wildman–Crippen MR) is 105 cm³/mol. The SMILES string of the molecule is Cc1nc2ccccc2c(=O)n1/N=C\c1ccc(-c2ccccc2C(=O)O)o1. The van der Waals surface area contributed by atoms with Crippen molar-refractivity contribution in [2.45, 2.75) is 6.92 Å². The number of rotatable bonds is 4. The fourth-order valence-corrected chi connectivity index (χ4v) is 2.94. The second kappa shape index (κ2) is 6.96. The Labute approximate surface area is 159 Å². The minimum absolute atomic E-state index is 0.145. The van der Waals surface area contributed by atoms with E-state index in [1.54, 1.807) is 55.5 Å². The topological polar surface area (TPSA) is 97.7 Å². The van der Waals surface area contributed by atoms with Crippen molar-refractivity contribution in [3.05, 3.63) is 88.2 Å². The third-order valence-corrected chi connectivity index (χ3v) is 4.27. The van der Waals surface area contributed by atoms with Gasteiger partial charge < -0.3 is 9.52 Å². The number of fused-ring (bicyclic) bond motifs is 1. The smallest absolute Gasteiger partial charge is 0.336 e. The van der Waals surface area contributed by atoms with E-state index in [1.165, 1.54) is 17.0 Å². The molecule has 138 valence electrons. The Morgan fingerprint density at radius 3 is 2.68 bits per heavy atom. The molecule has 0 unspecified atom stereocenters. The zero-order valence-corrected chi connectivity index (χ0v) is 14.9. The van der Waals surface area contributed by atoms with Crippen LogP contribution < -0.4 is 5.56 Å². The van der Waals surface area contributed by atoms with Gasteiger partial charge in [-0.15, -0.1) is 0 Å². The number of hydrogen-bond donors (Lipinski definition) is 1. The van der Waals surface area contributed by atoms with Gasteiger partial charge in [0.25, 0.3) is 5.56 Å². The third kappa shape index (κ3) is 3.09. The van der Waals surface area contributed by atoms with E-state index in [2.05, 4.69) is 10.1 Å². The van der Waals surface area contributed by atoms with Crippen molar-refractivity contribution in [1.82, 2.24) is 9.66 Å². The molecular formula is C21H15N3O4. The highest BCUT2D eigenvalue weighted by molar-refractivity contribution is 5.95. The van der Waals surface area contributed by atoms with Crippen LogP contribution in [0.2, 0.25) is 0 Å². The number of nitrogens with zero attached hydrogens (tertiary/aromatic N) is 3. The lowest BCUT2D eigenvalue weighted by Crippen LogP contribution is -2.20. The summed E-state index contributed by atoms with van der Waals surface area (Å²) in [5, 5.41) is 14.0. The highest BCUT2D eigenvalue weighted by Crippen LogP contribution is 2.25. The molecule has 1 N–H and O–H groups in total. The molecule has 0 atom stereocenters. The first-order chi connectivity index (χ1) is 13.5. The number of aromatic carboxylic acids is 1. The summed E-state index contributed by atoms with van der Waals surface area (Å²) in [6.07, 6.45) is 1.40. The van der Waals surface area contributed by atoms with E-state index in [-0.39, 0.29) is 11.1 Å². The van der Waals surface area contributed by atoms with Gasteiger partial charge in [-0.2, -0.15) is 9.78 Å². The van der Waals surface area contributed by atoms with Crippen LogP contribution in [0.25, 0.3) is 22.2 Å². The molecule has 2 heterocycles. The summed E-state index contributed by atoms with van der Waals surface area (Å²) in [6, 6.07) is 17.0. The normalized spacial score (nSPS) is 11.3. The van der Waals surface area contributed by atoms with Gasteiger partial charge in [0.05, 0.1) is 22.7 Å². The third-order valence-electron chi connectivity index (χ3n) is 4.27. The molecule has 4 aromatic rings. The summed E-state index contributed by atoms with van der Waals surface area (Å²) in [4.78, 5) is 28.4. The second-order valence-electron chi connectivity index (χ2n) is 6.09. The minimum atomic E-state index is -1.04. The largest absolute Gasteiger partial charge is 0.478 e. The van der Waals surface area contributed by atoms with E-state index in [0.29, 0.717) is 33.8 Å². The van der Waals surface area contributed by atoms with Crippen LogP contribution >= 0.6 is 0 Å². The molecule has 0 amide bonds. The van der Waals surface area contributed by atoms with E-state index in [4.69, 9.17) is 4.42 Å². The number of furan rings is 1. The number of hydrogen-bond acceptors (Lipinski definition) is 5. The quantitative estimate of drug-likeness (QED) is 0.552. The molecule has 0 aliphatic rings. The van der Waals surface area contributed by atoms with Crippen molar-refractivity contribution in [2.75, 3.05) is 0 Å². The summed E-state index contributed by atoms with van der Waals surface area (Å²) in [5.74, 6) is 0.199. The van der Waals surface area contributed by atoms with Gasteiger partial charge in [0.2, 0.25) is 0 Å². The van der Waals surface area contributed by atoms with Gasteiger partial charge in [-0.25, -0.2) is 9.78 Å². The molecule has 0 fully saturated rings. The highest BCUT2D eigenvalue weighted by atomic mass is 16.4. The Morgan fingerprint density at radius 2 is 1.86 bits per heavy atom. The molecule has 0 spiro atoms. The van der Waals surface area contributed by atoms with E-state index in [0.717, 1.165) is 0 Å². The minimum Gasteiger partial charge on any atom is -0.478 e. The van der Waals surface area contributed by atoms with Gasteiger partial charge in [-0.05, 0) is 37.3 Å². The van der Waals surface area contributed by atoms with Crippen LogP contribution in [0.3, 0.4) is 0 Å². The van der Waals surface area contributed by atoms with E-state index < -0.39 is 5.97 Å². The summed E-state index contributed by atoms with van der Waals surface area (Å²) >= 11 is 0. The Balaban J connectivity index is 1.71. The molecule has 2 aromatic carbocycles. The summed E-state index contributed by atoms with van der Waals surface area (Å²) in [7, 11) is 0. The van der Waals surface area contributed by atoms with Crippen LogP contribution in [-0.2, 0) is 0 Å². The Kier molecular flexibility index (Phi) is 4.33. The van der Waals surface area contributed by atoms with E-state index in [1.807, 2.05) is 6.07 Å². The van der Waals surface area contributed by atoms with Crippen LogP contribution in [0.4, 0.5) is 0 Å². The Bertz CT molecular complexity index is 1280. The lowest BCUT2D eigenvalue weighted by molar-refractivity contribution is 0.0697. The van der Waals surface area contributed by atoms with Gasteiger partial charge in [-0.1, -0.05) is 30.3 Å². The maximum absolute atomic E-state index is 12.6. The zero-order chi connectivity index (χ0) is 19.7. The maximum atomic E-state index is 12.6. The fourth-order valence-electron chi connectivity index (χ4n) is 2.94. The van der Waals surface area contributed by atoms with Crippen molar-refractivity contribution >= 4 is 23.1 Å². The number of carboxylic acid groups (broad SMARTS) is 1. The van der Waals surface area contributed by atoms with E-state index >= 15 is 0 Å². The molecule has 0 bridgehead atoms. The average Bonchev–Trinajstić information content (AvgIpc) is 3.16. The molecule has 28 heavy (non-hydrogen) atoms. The van der Waals surface area contributed by atoms with Gasteiger partial charge in [0, 0.05) is 5.56 Å². The van der Waals surface area contributed by atoms with Gasteiger partial charge in [-0.3, -0.25) is 4.79 Å². The zero-order valence-electron chi connectivity index (χ0n) is 14.9. The molecule has 0 aliphatic heterocycles. The van der Waals surface area contributed by atoms with Crippen molar-refractivity contribution in [1.29, 1.82) is 0 Å². The fraction of sp³-hybridized carbons (Fsp3) is 0.0476. The second-order valence-corrected chi connectivity index (χ2v) is 6.09. The number of carbonyl (C=O) groups is 1. The standard InChI is InChI=1S/C21H15N3O4/c1-13-23-18-9-5-4-8-17(18)20(25)24(13)22-12-14-10-11-19(28-14)15-6-2-3-7-16(15)21(26)27/h2-12H,1H3,(H,26,27)/b22-12-. The van der Waals surface area contributed by atoms with Crippen molar-refractivity contribution in [2.24, 2.45) is 5.10 Å². The highest BCUT2D eigenvalue weighted by Gasteiger charge is 2.13. The maximum Gasteiger partial charge on any atom is 0.336 e. The number of benzene rings is 2. The average molecular weight is 373 g/mol. The first-order valence-corrected chi connectivity index (χ1v) is 8.50. The molecule has 7 heteroatoms. The molecule has 0 saturated heterocycles. The van der Waals surface area contributed by atoms with Crippen LogP contribution in [-0.4, -0.2) is 27.0 Å². The van der Waals surface area contributed by atoms with Crippen LogP contribution in [0, 0.1) is 6.92 Å². The molecule has 2 aromatic heterocycles. The number of aromatic nitrogens is 2. The first kappa shape index (κ1) is 17.4. The van der Waals surface area contributed by atoms with E-state index in [9.17, 15) is 14.7 Å². The lowest BCUT2D eigenvalue weighted by Gasteiger charge is -2.04. The number of para-hydroxylation sites is 1. The molecule has 7 nitrogen and oxygen atoms in total. The first-order valence-electron chi connectivity index (χ1n) is 8.50. The van der Waals surface area contributed by atoms with Crippen molar-refractivity contribution < 1.29 is 14.3 Å². The van der Waals surface area contributed by atoms with Gasteiger partial charge >= 0.3 is 5.97 Å². The Morgan fingerprint density at radius 1 is 1.11 bits per heavy atom. The summed E-state index contributed by atoms with van der Waals surface area (Å²) < 4.78 is 6.91. The summed E-state index contributed by atoms with van der Waals surface area (Å²) in [6.45, 7) is 1.70. The lowest BCUT2D eigenvalue weighted by atomic mass is 10.1. The van der Waals surface area contributed by atoms with Crippen molar-refractivity contribution in [3.63, 3.8) is 0 Å².